The molecule has 6 heteroatoms. The van der Waals surface area contributed by atoms with E-state index in [-0.39, 0.29) is 12.4 Å². The van der Waals surface area contributed by atoms with Crippen molar-refractivity contribution in [1.29, 1.82) is 0 Å². The molecular formula is C15H9Cl2FN2S. The summed E-state index contributed by atoms with van der Waals surface area (Å²) in [5.74, 6) is -0.369. The Bertz CT molecular complexity index is 774. The number of hydrogen-bond acceptors (Lipinski definition) is 2. The molecule has 0 spiro atoms. The lowest BCUT2D eigenvalue weighted by atomic mass is 10.00. The lowest BCUT2D eigenvalue weighted by Crippen LogP contribution is -2.11. The van der Waals surface area contributed by atoms with Crippen LogP contribution in [0, 0.1) is 5.82 Å². The van der Waals surface area contributed by atoms with Crippen LogP contribution in [0.3, 0.4) is 0 Å². The molecule has 1 heterocycles. The van der Waals surface area contributed by atoms with Crippen LogP contribution in [0.25, 0.3) is 0 Å². The van der Waals surface area contributed by atoms with Gasteiger partial charge in [0.2, 0.25) is 0 Å². The molecule has 3 rings (SSSR count). The maximum absolute atomic E-state index is 14.1. The highest BCUT2D eigenvalue weighted by atomic mass is 35.5. The Morgan fingerprint density at radius 1 is 1.14 bits per heavy atom. The third-order valence-electron chi connectivity index (χ3n) is 3.12. The average Bonchev–Trinajstić information content (AvgIpc) is 2.63. The van der Waals surface area contributed by atoms with Gasteiger partial charge in [-0.2, -0.15) is 0 Å². The zero-order valence-corrected chi connectivity index (χ0v) is 13.0. The van der Waals surface area contributed by atoms with Crippen LogP contribution >= 0.6 is 35.4 Å². The first kappa shape index (κ1) is 14.4. The quantitative estimate of drug-likeness (QED) is 0.760. The molecule has 0 bridgehead atoms. The molecule has 0 amide bonds. The molecule has 0 saturated heterocycles. The number of thiocarbonyl (C=S) groups is 1. The van der Waals surface area contributed by atoms with Gasteiger partial charge in [-0.3, -0.25) is 4.99 Å². The van der Waals surface area contributed by atoms with Gasteiger partial charge in [0.05, 0.1) is 22.3 Å². The number of nitrogens with one attached hydrogen (secondary N) is 1. The number of hydrogen-bond donors (Lipinski definition) is 1. The van der Waals surface area contributed by atoms with Gasteiger partial charge in [0, 0.05) is 16.8 Å². The van der Waals surface area contributed by atoms with E-state index in [4.69, 9.17) is 35.4 Å². The summed E-state index contributed by atoms with van der Waals surface area (Å²) >= 11 is 17.6. The van der Waals surface area contributed by atoms with Crippen LogP contribution in [0.4, 0.5) is 10.1 Å². The summed E-state index contributed by atoms with van der Waals surface area (Å²) in [5, 5.41) is 3.77. The SMILES string of the molecule is Fc1ccccc1C1=NCC(=S)Nc2ccc(Cl)c(Cl)c21. The molecule has 106 valence electrons. The fraction of sp³-hybridized carbons (Fsp3) is 0.0667. The summed E-state index contributed by atoms with van der Waals surface area (Å²) in [6.07, 6.45) is 0. The van der Waals surface area contributed by atoms with Crippen molar-refractivity contribution < 1.29 is 4.39 Å². The Balaban J connectivity index is 2.30. The van der Waals surface area contributed by atoms with Crippen molar-refractivity contribution in [3.05, 3.63) is 63.4 Å². The van der Waals surface area contributed by atoms with Crippen molar-refractivity contribution in [1.82, 2.24) is 0 Å². The molecule has 2 nitrogen and oxygen atoms in total. The highest BCUT2D eigenvalue weighted by Gasteiger charge is 2.22. The van der Waals surface area contributed by atoms with Crippen molar-refractivity contribution in [2.75, 3.05) is 11.9 Å². The van der Waals surface area contributed by atoms with E-state index in [1.807, 2.05) is 0 Å². The number of nitrogens with zero attached hydrogens (tertiary/aromatic N) is 1. The van der Waals surface area contributed by atoms with Gasteiger partial charge >= 0.3 is 0 Å². The minimum absolute atomic E-state index is 0.266. The van der Waals surface area contributed by atoms with Crippen LogP contribution in [0.1, 0.15) is 11.1 Å². The maximum Gasteiger partial charge on any atom is 0.132 e. The second-order valence-corrected chi connectivity index (χ2v) is 5.75. The first-order chi connectivity index (χ1) is 10.1. The smallest absolute Gasteiger partial charge is 0.132 e. The standard InChI is InChI=1S/C15H9Cl2FN2S/c16-9-5-6-11-13(14(9)17)15(19-7-12(21)20-11)8-3-1-2-4-10(8)18/h1-6H,7H2,(H,20,21). The molecule has 2 aromatic rings. The van der Waals surface area contributed by atoms with Crippen LogP contribution in [0.5, 0.6) is 0 Å². The first-order valence-corrected chi connectivity index (χ1v) is 7.32. The third-order valence-corrected chi connectivity index (χ3v) is 4.15. The summed E-state index contributed by atoms with van der Waals surface area (Å²) in [6.45, 7) is 0.266. The van der Waals surface area contributed by atoms with Gasteiger partial charge in [-0.15, -0.1) is 0 Å². The summed E-state index contributed by atoms with van der Waals surface area (Å²) in [5.41, 5.74) is 2.06. The summed E-state index contributed by atoms with van der Waals surface area (Å²) in [6, 6.07) is 9.84. The molecule has 0 atom stereocenters. The molecule has 2 aromatic carbocycles. The monoisotopic (exact) mass is 338 g/mol. The number of aliphatic imine (C=N–C) groups is 1. The van der Waals surface area contributed by atoms with E-state index in [0.29, 0.717) is 37.6 Å². The van der Waals surface area contributed by atoms with Crippen LogP contribution in [0.2, 0.25) is 10.0 Å². The minimum atomic E-state index is -0.369. The van der Waals surface area contributed by atoms with Crippen LogP contribution < -0.4 is 5.32 Å². The van der Waals surface area contributed by atoms with Gasteiger partial charge in [-0.1, -0.05) is 47.6 Å². The summed E-state index contributed by atoms with van der Waals surface area (Å²) in [4.78, 5) is 4.95. The molecule has 0 radical (unpaired) electrons. The van der Waals surface area contributed by atoms with E-state index in [9.17, 15) is 4.39 Å². The van der Waals surface area contributed by atoms with Gasteiger partial charge in [-0.25, -0.2) is 4.39 Å². The third kappa shape index (κ3) is 2.67. The van der Waals surface area contributed by atoms with Gasteiger partial charge in [0.1, 0.15) is 10.8 Å². The van der Waals surface area contributed by atoms with Crippen molar-refractivity contribution in [3.8, 4) is 0 Å². The zero-order chi connectivity index (χ0) is 15.0. The summed E-state index contributed by atoms with van der Waals surface area (Å²) in [7, 11) is 0. The zero-order valence-electron chi connectivity index (χ0n) is 10.7. The van der Waals surface area contributed by atoms with Crippen molar-refractivity contribution in [2.45, 2.75) is 0 Å². The van der Waals surface area contributed by atoms with Gasteiger partial charge in [0.25, 0.3) is 0 Å². The number of halogens is 3. The van der Waals surface area contributed by atoms with E-state index in [2.05, 4.69) is 10.3 Å². The second kappa shape index (κ2) is 5.72. The predicted octanol–water partition coefficient (Wildman–Crippen LogP) is 4.72. The molecular weight excluding hydrogens is 330 g/mol. The summed E-state index contributed by atoms with van der Waals surface area (Å²) < 4.78 is 14.1. The molecule has 0 aliphatic carbocycles. The number of benzodiazepines with no additional fused rings is 1. The minimum Gasteiger partial charge on any atom is -0.348 e. The van der Waals surface area contributed by atoms with Crippen molar-refractivity contribution in [2.24, 2.45) is 4.99 Å². The fourth-order valence-electron chi connectivity index (χ4n) is 2.18. The Kier molecular flexibility index (Phi) is 3.93. The van der Waals surface area contributed by atoms with Gasteiger partial charge in [-0.05, 0) is 24.3 Å². The molecule has 0 aromatic heterocycles. The first-order valence-electron chi connectivity index (χ1n) is 6.15. The molecule has 0 fully saturated rings. The lowest BCUT2D eigenvalue weighted by Gasteiger charge is -2.13. The Morgan fingerprint density at radius 2 is 1.90 bits per heavy atom. The predicted molar refractivity (Wildman–Crippen MR) is 89.6 cm³/mol. The molecule has 0 saturated carbocycles. The topological polar surface area (TPSA) is 24.4 Å². The lowest BCUT2D eigenvalue weighted by molar-refractivity contribution is 0.625. The van der Waals surface area contributed by atoms with E-state index < -0.39 is 0 Å². The average molecular weight is 339 g/mol. The molecule has 1 aliphatic heterocycles. The number of benzene rings is 2. The number of fused-ring (bicyclic) bond motifs is 1. The van der Waals surface area contributed by atoms with Gasteiger partial charge < -0.3 is 5.32 Å². The normalized spacial score (nSPS) is 14.0. The maximum atomic E-state index is 14.1. The number of anilines is 1. The van der Waals surface area contributed by atoms with Crippen molar-refractivity contribution >= 4 is 51.8 Å². The number of rotatable bonds is 1. The van der Waals surface area contributed by atoms with Crippen LogP contribution in [-0.2, 0) is 0 Å². The van der Waals surface area contributed by atoms with Crippen molar-refractivity contribution in [3.63, 3.8) is 0 Å². The molecule has 1 N–H and O–H groups in total. The molecule has 0 unspecified atom stereocenters. The van der Waals surface area contributed by atoms with Crippen LogP contribution in [-0.4, -0.2) is 17.2 Å². The molecule has 1 aliphatic rings. The highest BCUT2D eigenvalue weighted by molar-refractivity contribution is 7.80. The molecule has 21 heavy (non-hydrogen) atoms. The fourth-order valence-corrected chi connectivity index (χ4v) is 2.77. The second-order valence-electron chi connectivity index (χ2n) is 4.48. The Labute approximate surface area is 136 Å². The Hall–Kier alpha value is -1.49. The van der Waals surface area contributed by atoms with E-state index >= 15 is 0 Å². The Morgan fingerprint density at radius 3 is 2.67 bits per heavy atom. The van der Waals surface area contributed by atoms with E-state index in [1.54, 1.807) is 30.3 Å². The largest absolute Gasteiger partial charge is 0.348 e. The van der Waals surface area contributed by atoms with E-state index in [1.165, 1.54) is 6.07 Å². The van der Waals surface area contributed by atoms with Crippen LogP contribution in [0.15, 0.2) is 41.4 Å². The highest BCUT2D eigenvalue weighted by Crippen LogP contribution is 2.35. The van der Waals surface area contributed by atoms with E-state index in [0.717, 1.165) is 0 Å². The van der Waals surface area contributed by atoms with Gasteiger partial charge in [0.15, 0.2) is 0 Å².